The minimum absolute atomic E-state index is 0.0953. The lowest BCUT2D eigenvalue weighted by molar-refractivity contribution is 0.0526. The molecule has 1 aromatic rings. The minimum atomic E-state index is -0.529. The van der Waals surface area contributed by atoms with Crippen LogP contribution >= 0.6 is 11.8 Å². The van der Waals surface area contributed by atoms with Gasteiger partial charge < -0.3 is 10.5 Å². The fourth-order valence-electron chi connectivity index (χ4n) is 1.00. The summed E-state index contributed by atoms with van der Waals surface area (Å²) in [6.07, 6.45) is 1.75. The average Bonchev–Trinajstić information content (AvgIpc) is 2.29. The number of esters is 1. The molecule has 17 heavy (non-hydrogen) atoms. The van der Waals surface area contributed by atoms with Crippen LogP contribution in [0.3, 0.4) is 0 Å². The number of hydrogen-bond acceptors (Lipinski definition) is 7. The van der Waals surface area contributed by atoms with Gasteiger partial charge in [-0.3, -0.25) is 0 Å². The molecule has 0 radical (unpaired) electrons. The molecule has 0 aromatic carbocycles. The summed E-state index contributed by atoms with van der Waals surface area (Å²) in [6, 6.07) is 2.02. The molecule has 0 aliphatic carbocycles. The van der Waals surface area contributed by atoms with E-state index in [0.717, 1.165) is 0 Å². The third-order valence-electron chi connectivity index (χ3n) is 1.74. The van der Waals surface area contributed by atoms with Gasteiger partial charge in [0, 0.05) is 18.4 Å². The second kappa shape index (κ2) is 6.70. The summed E-state index contributed by atoms with van der Waals surface area (Å²) in [6.45, 7) is 1.98. The molecule has 0 bridgehead atoms. The Morgan fingerprint density at radius 1 is 1.71 bits per heavy atom. The number of nitrogens with two attached hydrogens (primary N) is 1. The van der Waals surface area contributed by atoms with E-state index < -0.39 is 5.97 Å². The highest BCUT2D eigenvalue weighted by molar-refractivity contribution is 7.99. The summed E-state index contributed by atoms with van der Waals surface area (Å²) in [7, 11) is 0. The molecule has 0 unspecified atom stereocenters. The monoisotopic (exact) mass is 252 g/mol. The van der Waals surface area contributed by atoms with E-state index in [1.807, 2.05) is 6.07 Å². The summed E-state index contributed by atoms with van der Waals surface area (Å²) in [5.41, 5.74) is 5.79. The van der Waals surface area contributed by atoms with Crippen molar-refractivity contribution >= 4 is 23.5 Å². The van der Waals surface area contributed by atoms with Crippen LogP contribution in [-0.2, 0) is 4.74 Å². The number of rotatable bonds is 5. The molecule has 0 spiro atoms. The van der Waals surface area contributed by atoms with E-state index in [1.54, 1.807) is 6.92 Å². The number of thioether (sulfide) groups is 1. The van der Waals surface area contributed by atoms with E-state index in [4.69, 9.17) is 15.7 Å². The third kappa shape index (κ3) is 3.92. The molecular formula is C10H12N4O2S. The lowest BCUT2D eigenvalue weighted by Gasteiger charge is -2.05. The molecule has 0 aliphatic rings. The Kier molecular flexibility index (Phi) is 5.23. The van der Waals surface area contributed by atoms with Gasteiger partial charge in [-0.1, -0.05) is 11.8 Å². The van der Waals surface area contributed by atoms with Gasteiger partial charge in [0.1, 0.15) is 11.4 Å². The zero-order chi connectivity index (χ0) is 12.7. The van der Waals surface area contributed by atoms with Crippen LogP contribution in [0.5, 0.6) is 0 Å². The van der Waals surface area contributed by atoms with E-state index in [-0.39, 0.29) is 18.0 Å². The van der Waals surface area contributed by atoms with Crippen LogP contribution in [-0.4, -0.2) is 28.3 Å². The number of carbonyl (C=O) groups excluding carboxylic acids is 1. The normalized spacial score (nSPS) is 9.65. The smallest absolute Gasteiger partial charge is 0.343 e. The molecule has 0 saturated carbocycles. The maximum Gasteiger partial charge on any atom is 0.343 e. The zero-order valence-electron chi connectivity index (χ0n) is 9.34. The second-order valence-electron chi connectivity index (χ2n) is 2.93. The Morgan fingerprint density at radius 2 is 2.47 bits per heavy atom. The Labute approximate surface area is 103 Å². The molecule has 1 aromatic heterocycles. The first-order valence-electron chi connectivity index (χ1n) is 4.98. The van der Waals surface area contributed by atoms with Crippen molar-refractivity contribution in [2.24, 2.45) is 0 Å². The maximum absolute atomic E-state index is 11.4. The second-order valence-corrected chi connectivity index (χ2v) is 3.99. The van der Waals surface area contributed by atoms with Crippen LogP contribution in [0.15, 0.2) is 11.4 Å². The quantitative estimate of drug-likeness (QED) is 0.364. The molecule has 7 heteroatoms. The molecule has 90 valence electrons. The van der Waals surface area contributed by atoms with Crippen LogP contribution in [0.4, 0.5) is 5.82 Å². The van der Waals surface area contributed by atoms with Gasteiger partial charge >= 0.3 is 5.97 Å². The number of carbonyl (C=O) groups is 1. The summed E-state index contributed by atoms with van der Waals surface area (Å²) >= 11 is 1.32. The predicted octanol–water partition coefficient (Wildman–Crippen LogP) is 1.24. The third-order valence-corrected chi connectivity index (χ3v) is 2.60. The molecule has 0 atom stereocenters. The molecule has 0 saturated heterocycles. The fraction of sp³-hybridized carbons (Fsp3) is 0.400. The molecule has 1 rings (SSSR count). The average molecular weight is 252 g/mol. The summed E-state index contributed by atoms with van der Waals surface area (Å²) in [5.74, 6) is 0.158. The van der Waals surface area contributed by atoms with Gasteiger partial charge in [0.2, 0.25) is 0 Å². The van der Waals surface area contributed by atoms with Gasteiger partial charge in [0.15, 0.2) is 5.16 Å². The highest BCUT2D eigenvalue weighted by atomic mass is 32.2. The Morgan fingerprint density at radius 3 is 3.06 bits per heavy atom. The van der Waals surface area contributed by atoms with E-state index in [0.29, 0.717) is 17.3 Å². The molecular weight excluding hydrogens is 240 g/mol. The Hall–Kier alpha value is -1.81. The van der Waals surface area contributed by atoms with Crippen molar-refractivity contribution in [3.63, 3.8) is 0 Å². The van der Waals surface area contributed by atoms with Crippen molar-refractivity contribution in [3.8, 4) is 6.07 Å². The van der Waals surface area contributed by atoms with Crippen molar-refractivity contribution in [2.45, 2.75) is 18.5 Å². The maximum atomic E-state index is 11.4. The number of anilines is 1. The van der Waals surface area contributed by atoms with Gasteiger partial charge in [-0.25, -0.2) is 14.8 Å². The Balaban J connectivity index is 2.72. The number of nitrogen functional groups attached to an aromatic ring is 1. The number of hydrogen-bond donors (Lipinski definition) is 1. The highest BCUT2D eigenvalue weighted by Gasteiger charge is 2.13. The molecule has 1 heterocycles. The fourth-order valence-corrected chi connectivity index (χ4v) is 1.67. The van der Waals surface area contributed by atoms with Crippen molar-refractivity contribution in [3.05, 3.63) is 11.8 Å². The van der Waals surface area contributed by atoms with Crippen LogP contribution in [0.2, 0.25) is 0 Å². The van der Waals surface area contributed by atoms with E-state index in [2.05, 4.69) is 9.97 Å². The van der Waals surface area contributed by atoms with Crippen molar-refractivity contribution in [1.29, 1.82) is 5.26 Å². The van der Waals surface area contributed by atoms with Gasteiger partial charge in [-0.15, -0.1) is 0 Å². The largest absolute Gasteiger partial charge is 0.462 e. The highest BCUT2D eigenvalue weighted by Crippen LogP contribution is 2.17. The van der Waals surface area contributed by atoms with Crippen molar-refractivity contribution in [2.75, 3.05) is 18.1 Å². The standard InChI is InChI=1S/C10H12N4O2S/c1-2-16-9(15)7-6-13-10(14-8(7)12)17-5-3-4-11/h6H,2-3,5H2,1H3,(H2,12,13,14). The number of ether oxygens (including phenoxy) is 1. The SMILES string of the molecule is CCOC(=O)c1cnc(SCCC#N)nc1N. The first-order valence-corrected chi connectivity index (χ1v) is 5.97. The molecule has 0 amide bonds. The number of nitriles is 1. The van der Waals surface area contributed by atoms with E-state index in [1.165, 1.54) is 18.0 Å². The predicted molar refractivity (Wildman–Crippen MR) is 63.4 cm³/mol. The Bertz CT molecular complexity index is 444. The number of nitrogens with zero attached hydrogens (tertiary/aromatic N) is 3. The molecule has 6 nitrogen and oxygen atoms in total. The zero-order valence-corrected chi connectivity index (χ0v) is 10.2. The molecule has 0 fully saturated rings. The molecule has 0 aliphatic heterocycles. The summed E-state index contributed by atoms with van der Waals surface area (Å²) < 4.78 is 4.80. The first-order chi connectivity index (χ1) is 8.19. The van der Waals surface area contributed by atoms with Crippen molar-refractivity contribution in [1.82, 2.24) is 9.97 Å². The summed E-state index contributed by atoms with van der Waals surface area (Å²) in [5, 5.41) is 8.83. The van der Waals surface area contributed by atoms with Gasteiger partial charge in [-0.2, -0.15) is 5.26 Å². The summed E-state index contributed by atoms with van der Waals surface area (Å²) in [4.78, 5) is 19.3. The van der Waals surface area contributed by atoms with Gasteiger partial charge in [-0.05, 0) is 6.92 Å². The van der Waals surface area contributed by atoms with Crippen LogP contribution in [0.25, 0.3) is 0 Å². The van der Waals surface area contributed by atoms with Crippen LogP contribution < -0.4 is 5.73 Å². The number of aromatic nitrogens is 2. The van der Waals surface area contributed by atoms with Gasteiger partial charge in [0.25, 0.3) is 0 Å². The van der Waals surface area contributed by atoms with Crippen LogP contribution in [0, 0.1) is 11.3 Å². The van der Waals surface area contributed by atoms with Gasteiger partial charge in [0.05, 0.1) is 12.7 Å². The van der Waals surface area contributed by atoms with E-state index >= 15 is 0 Å². The van der Waals surface area contributed by atoms with Crippen molar-refractivity contribution < 1.29 is 9.53 Å². The van der Waals surface area contributed by atoms with E-state index in [9.17, 15) is 4.79 Å². The lowest BCUT2D eigenvalue weighted by atomic mass is 10.3. The molecule has 2 N–H and O–H groups in total. The first kappa shape index (κ1) is 13.3. The minimum Gasteiger partial charge on any atom is -0.462 e. The van der Waals surface area contributed by atoms with Crippen LogP contribution in [0.1, 0.15) is 23.7 Å². The topological polar surface area (TPSA) is 102 Å². The lowest BCUT2D eigenvalue weighted by Crippen LogP contribution is -2.10.